The zero-order chi connectivity index (χ0) is 30.3. The number of carbonyl (C=O) groups excluding carboxylic acids is 1. The van der Waals surface area contributed by atoms with Crippen LogP contribution >= 0.6 is 23.2 Å². The summed E-state index contributed by atoms with van der Waals surface area (Å²) in [5, 5.41) is 28.1. The quantitative estimate of drug-likeness (QED) is 0.308. The predicted octanol–water partition coefficient (Wildman–Crippen LogP) is 7.34. The number of amides is 2. The summed E-state index contributed by atoms with van der Waals surface area (Å²) < 4.78 is 32.9. The number of anilines is 1. The third kappa shape index (κ3) is 6.35. The van der Waals surface area contributed by atoms with Gasteiger partial charge in [0.2, 0.25) is 0 Å². The van der Waals surface area contributed by atoms with Crippen LogP contribution < -0.4 is 5.32 Å². The Labute approximate surface area is 248 Å². The van der Waals surface area contributed by atoms with Gasteiger partial charge in [0.1, 0.15) is 17.0 Å². The molecule has 2 N–H and O–H groups in total. The van der Waals surface area contributed by atoms with Gasteiger partial charge in [-0.05, 0) is 43.9 Å². The van der Waals surface area contributed by atoms with Crippen molar-refractivity contribution in [3.8, 4) is 6.07 Å². The van der Waals surface area contributed by atoms with E-state index in [1.54, 1.807) is 26.1 Å². The van der Waals surface area contributed by atoms with E-state index in [-0.39, 0.29) is 45.5 Å². The average Bonchev–Trinajstić information content (AvgIpc) is 3.40. The first-order valence-electron chi connectivity index (χ1n) is 13.2. The maximum Gasteiger partial charge on any atom is 0.323 e. The van der Waals surface area contributed by atoms with Crippen LogP contribution in [-0.4, -0.2) is 38.0 Å². The highest BCUT2D eigenvalue weighted by Gasteiger charge is 2.60. The van der Waals surface area contributed by atoms with Gasteiger partial charge in [0.15, 0.2) is 5.82 Å². The molecule has 0 radical (unpaired) electrons. The Hall–Kier alpha value is -3.19. The van der Waals surface area contributed by atoms with Crippen LogP contribution in [0.3, 0.4) is 0 Å². The lowest BCUT2D eigenvalue weighted by Crippen LogP contribution is -2.42. The molecule has 0 aliphatic carbocycles. The number of likely N-dealkylation sites (tertiary alicyclic amines) is 1. The Balaban J connectivity index is 1.89. The lowest BCUT2D eigenvalue weighted by Gasteiger charge is -2.38. The predicted molar refractivity (Wildman–Crippen MR) is 155 cm³/mol. The number of aliphatic hydroxyl groups is 1. The van der Waals surface area contributed by atoms with Gasteiger partial charge in [-0.15, -0.1) is 0 Å². The molecule has 1 aliphatic rings. The fourth-order valence-corrected chi connectivity index (χ4v) is 6.11. The first-order valence-corrected chi connectivity index (χ1v) is 14.0. The molecule has 2 amide bonds. The maximum atomic E-state index is 15.7. The summed E-state index contributed by atoms with van der Waals surface area (Å²) in [4.78, 5) is 15.3. The van der Waals surface area contributed by atoms with Crippen molar-refractivity contribution in [1.82, 2.24) is 14.7 Å². The number of urea groups is 1. The zero-order valence-electron chi connectivity index (χ0n) is 23.6. The number of benzene rings is 2. The third-order valence-electron chi connectivity index (χ3n) is 7.19. The highest BCUT2D eigenvalue weighted by molar-refractivity contribution is 6.31. The van der Waals surface area contributed by atoms with Gasteiger partial charge in [-0.25, -0.2) is 13.6 Å². The Kier molecular flexibility index (Phi) is 8.43. The molecule has 1 aliphatic heterocycles. The molecule has 0 spiro atoms. The molecule has 0 bridgehead atoms. The Bertz CT molecular complexity index is 1490. The number of nitriles is 1. The molecular formula is C30H33Cl2F2N5O2. The van der Waals surface area contributed by atoms with Gasteiger partial charge in [-0.2, -0.15) is 10.4 Å². The van der Waals surface area contributed by atoms with Crippen molar-refractivity contribution in [1.29, 1.82) is 5.26 Å². The van der Waals surface area contributed by atoms with Crippen LogP contribution in [0.4, 0.5) is 19.4 Å². The van der Waals surface area contributed by atoms with Gasteiger partial charge in [0.05, 0.1) is 29.3 Å². The Morgan fingerprint density at radius 3 is 2.51 bits per heavy atom. The fraction of sp³-hybridized carbons (Fsp3) is 0.433. The van der Waals surface area contributed by atoms with Crippen molar-refractivity contribution in [2.24, 2.45) is 11.3 Å². The fourth-order valence-electron chi connectivity index (χ4n) is 5.76. The number of halogens is 4. The number of nitrogens with zero attached hydrogens (tertiary/aromatic N) is 4. The summed E-state index contributed by atoms with van der Waals surface area (Å²) >= 11 is 12.2. The molecular weight excluding hydrogens is 571 g/mol. The first kappa shape index (κ1) is 30.8. The van der Waals surface area contributed by atoms with E-state index in [1.165, 1.54) is 39.9 Å². The molecule has 0 saturated carbocycles. The van der Waals surface area contributed by atoms with E-state index >= 15 is 8.78 Å². The Morgan fingerprint density at radius 1 is 1.20 bits per heavy atom. The summed E-state index contributed by atoms with van der Waals surface area (Å²) in [6, 6.07) is 10.4. The van der Waals surface area contributed by atoms with E-state index < -0.39 is 40.6 Å². The lowest BCUT2D eigenvalue weighted by atomic mass is 9.63. The van der Waals surface area contributed by atoms with Crippen molar-refractivity contribution in [3.05, 3.63) is 81.5 Å². The number of nitrogens with one attached hydrogen (secondary N) is 1. The minimum Gasteiger partial charge on any atom is -0.389 e. The molecule has 41 heavy (non-hydrogen) atoms. The van der Waals surface area contributed by atoms with E-state index in [1.807, 2.05) is 20.8 Å². The van der Waals surface area contributed by atoms with E-state index in [0.29, 0.717) is 6.42 Å². The number of aromatic nitrogens is 2. The van der Waals surface area contributed by atoms with Crippen LogP contribution in [0.25, 0.3) is 0 Å². The lowest BCUT2D eigenvalue weighted by molar-refractivity contribution is 0.0578. The molecule has 218 valence electrons. The van der Waals surface area contributed by atoms with Gasteiger partial charge in [-0.1, -0.05) is 62.2 Å². The monoisotopic (exact) mass is 603 g/mol. The number of rotatable bonds is 6. The topological polar surface area (TPSA) is 94.2 Å². The molecule has 3 aromatic rings. The Morgan fingerprint density at radius 2 is 1.90 bits per heavy atom. The molecule has 1 saturated heterocycles. The van der Waals surface area contributed by atoms with Crippen LogP contribution in [0, 0.1) is 34.3 Å². The smallest absolute Gasteiger partial charge is 0.323 e. The summed E-state index contributed by atoms with van der Waals surface area (Å²) in [5.74, 6) is -1.91. The van der Waals surface area contributed by atoms with Gasteiger partial charge >= 0.3 is 6.03 Å². The van der Waals surface area contributed by atoms with Crippen molar-refractivity contribution in [2.75, 3.05) is 11.9 Å². The minimum absolute atomic E-state index is 0.00693. The maximum absolute atomic E-state index is 15.7. The average molecular weight is 605 g/mol. The number of hydrogen-bond donors (Lipinski definition) is 2. The van der Waals surface area contributed by atoms with Gasteiger partial charge in [0.25, 0.3) is 0 Å². The summed E-state index contributed by atoms with van der Waals surface area (Å²) in [5.41, 5.74) is -3.03. The third-order valence-corrected chi connectivity index (χ3v) is 7.71. The van der Waals surface area contributed by atoms with Crippen LogP contribution in [0.5, 0.6) is 0 Å². The second kappa shape index (κ2) is 11.2. The summed E-state index contributed by atoms with van der Waals surface area (Å²) in [6.07, 6.45) is 2.03. The molecule has 11 heteroatoms. The van der Waals surface area contributed by atoms with E-state index in [9.17, 15) is 15.2 Å². The SMILES string of the molecule is CC(C)(C)CC1CN(C(=O)Nc2ccn(CC(C)(C)O)n2)C(c2cccc(Cl)c2F)C1(C#N)c1ccc(Cl)cc1F. The summed E-state index contributed by atoms with van der Waals surface area (Å²) in [7, 11) is 0. The van der Waals surface area contributed by atoms with Crippen molar-refractivity contribution >= 4 is 35.1 Å². The molecule has 4 rings (SSSR count). The van der Waals surface area contributed by atoms with E-state index in [4.69, 9.17) is 23.2 Å². The molecule has 3 atom stereocenters. The molecule has 3 unspecified atom stereocenters. The second-order valence-corrected chi connectivity index (χ2v) is 13.2. The normalized spacial score (nSPS) is 21.1. The first-order chi connectivity index (χ1) is 19.1. The molecule has 1 fully saturated rings. The highest BCUT2D eigenvalue weighted by Crippen LogP contribution is 2.56. The van der Waals surface area contributed by atoms with E-state index in [0.717, 1.165) is 6.07 Å². The van der Waals surface area contributed by atoms with Crippen LogP contribution in [-0.2, 0) is 12.0 Å². The van der Waals surface area contributed by atoms with Gasteiger partial charge < -0.3 is 10.0 Å². The molecule has 1 aromatic heterocycles. The number of carbonyl (C=O) groups is 1. The minimum atomic E-state index is -1.69. The van der Waals surface area contributed by atoms with Crippen LogP contribution in [0.15, 0.2) is 48.7 Å². The van der Waals surface area contributed by atoms with Crippen LogP contribution in [0.2, 0.25) is 10.0 Å². The zero-order valence-corrected chi connectivity index (χ0v) is 25.1. The van der Waals surface area contributed by atoms with Crippen molar-refractivity contribution in [2.45, 2.75) is 64.6 Å². The van der Waals surface area contributed by atoms with Gasteiger partial charge in [-0.3, -0.25) is 10.00 Å². The van der Waals surface area contributed by atoms with Crippen molar-refractivity contribution in [3.63, 3.8) is 0 Å². The van der Waals surface area contributed by atoms with E-state index in [2.05, 4.69) is 16.5 Å². The standard InChI is InChI=1S/C30H33Cl2F2N5O2/c1-28(2,3)14-18-15-39(27(40)36-24-11-12-38(37-24)17-29(4,5)41)26(20-7-6-8-22(32)25(20)34)30(18,16-35)21-10-9-19(31)13-23(21)33/h6-13,18,26,41H,14-15,17H2,1-5H3,(H,36,37,40). The molecule has 2 heterocycles. The highest BCUT2D eigenvalue weighted by atomic mass is 35.5. The molecule has 2 aromatic carbocycles. The van der Waals surface area contributed by atoms with Crippen molar-refractivity contribution < 1.29 is 18.7 Å². The van der Waals surface area contributed by atoms with Crippen LogP contribution in [0.1, 0.15) is 58.2 Å². The largest absolute Gasteiger partial charge is 0.389 e. The number of hydrogen-bond acceptors (Lipinski definition) is 4. The second-order valence-electron chi connectivity index (χ2n) is 12.4. The molecule has 7 nitrogen and oxygen atoms in total. The summed E-state index contributed by atoms with van der Waals surface area (Å²) in [6.45, 7) is 9.44. The van der Waals surface area contributed by atoms with Gasteiger partial charge in [0, 0.05) is 40.9 Å².